The highest BCUT2D eigenvalue weighted by molar-refractivity contribution is 5.71. The molecular formula is C18H23FN2. The molecule has 0 heterocycles. The van der Waals surface area contributed by atoms with Gasteiger partial charge in [-0.05, 0) is 49.7 Å². The number of hydrogen-bond donors (Lipinski definition) is 1. The number of allylic oxidation sites excluding steroid dienone is 3. The number of rotatable bonds is 4. The maximum absolute atomic E-state index is 12.9. The average Bonchev–Trinajstić information content (AvgIpc) is 2.46. The van der Waals surface area contributed by atoms with E-state index in [0.717, 1.165) is 17.6 Å². The highest BCUT2D eigenvalue weighted by Crippen LogP contribution is 2.23. The zero-order valence-electron chi connectivity index (χ0n) is 12.7. The van der Waals surface area contributed by atoms with Crippen LogP contribution in [0.1, 0.15) is 12.0 Å². The molecule has 0 saturated heterocycles. The molecule has 21 heavy (non-hydrogen) atoms. The largest absolute Gasteiger partial charge is 0.326 e. The summed E-state index contributed by atoms with van der Waals surface area (Å²) in [5.74, 6) is 0.0587. The van der Waals surface area contributed by atoms with Crippen molar-refractivity contribution in [1.82, 2.24) is 4.90 Å². The van der Waals surface area contributed by atoms with Gasteiger partial charge in [-0.25, -0.2) is 4.39 Å². The Bertz CT molecular complexity index is 543. The van der Waals surface area contributed by atoms with Crippen LogP contribution in [0.15, 0.2) is 55.1 Å². The molecule has 0 aromatic heterocycles. The van der Waals surface area contributed by atoms with Crippen molar-refractivity contribution in [3.63, 3.8) is 0 Å². The molecule has 2 nitrogen and oxygen atoms in total. The van der Waals surface area contributed by atoms with Gasteiger partial charge < -0.3 is 10.6 Å². The average molecular weight is 286 g/mol. The Morgan fingerprint density at radius 1 is 1.33 bits per heavy atom. The highest BCUT2D eigenvalue weighted by Gasteiger charge is 2.26. The molecule has 0 fully saturated rings. The molecule has 1 aliphatic carbocycles. The molecule has 2 rings (SSSR count). The third-order valence-electron chi connectivity index (χ3n) is 3.99. The fraction of sp³-hybridized carbons (Fsp3) is 0.333. The van der Waals surface area contributed by atoms with Gasteiger partial charge in [0.2, 0.25) is 0 Å². The van der Waals surface area contributed by atoms with Crippen molar-refractivity contribution in [3.8, 4) is 0 Å². The van der Waals surface area contributed by atoms with E-state index in [1.54, 1.807) is 12.1 Å². The number of benzene rings is 1. The molecule has 3 heteroatoms. The number of halogens is 1. The zero-order chi connectivity index (χ0) is 15.4. The van der Waals surface area contributed by atoms with E-state index in [-0.39, 0.29) is 17.9 Å². The summed E-state index contributed by atoms with van der Waals surface area (Å²) >= 11 is 0. The van der Waals surface area contributed by atoms with Crippen molar-refractivity contribution in [3.05, 3.63) is 66.5 Å². The second kappa shape index (κ2) is 6.83. The van der Waals surface area contributed by atoms with Gasteiger partial charge in [-0.3, -0.25) is 0 Å². The summed E-state index contributed by atoms with van der Waals surface area (Å²) in [5.41, 5.74) is 8.15. The normalized spacial score (nSPS) is 25.7. The Balaban J connectivity index is 2.05. The second-order valence-corrected chi connectivity index (χ2v) is 5.75. The lowest BCUT2D eigenvalue weighted by molar-refractivity contribution is 0.259. The summed E-state index contributed by atoms with van der Waals surface area (Å²) in [7, 11) is 4.08. The summed E-state index contributed by atoms with van der Waals surface area (Å²) < 4.78 is 12.9. The third-order valence-corrected chi connectivity index (χ3v) is 3.99. The summed E-state index contributed by atoms with van der Waals surface area (Å²) in [6.45, 7) is 4.04. The fourth-order valence-corrected chi connectivity index (χ4v) is 2.64. The van der Waals surface area contributed by atoms with E-state index in [1.165, 1.54) is 12.1 Å². The van der Waals surface area contributed by atoms with E-state index in [9.17, 15) is 4.39 Å². The van der Waals surface area contributed by atoms with Crippen molar-refractivity contribution in [2.75, 3.05) is 14.1 Å². The van der Waals surface area contributed by atoms with Crippen molar-refractivity contribution in [2.45, 2.75) is 18.5 Å². The summed E-state index contributed by atoms with van der Waals surface area (Å²) in [6.07, 6.45) is 9.41. The molecule has 0 saturated carbocycles. The molecular weight excluding hydrogens is 263 g/mol. The highest BCUT2D eigenvalue weighted by atomic mass is 19.1. The van der Waals surface area contributed by atoms with Crippen LogP contribution < -0.4 is 5.73 Å². The van der Waals surface area contributed by atoms with E-state index in [0.29, 0.717) is 5.92 Å². The van der Waals surface area contributed by atoms with Crippen LogP contribution in [-0.4, -0.2) is 31.1 Å². The molecule has 0 spiro atoms. The number of nitrogens with zero attached hydrogens (tertiary/aromatic N) is 1. The van der Waals surface area contributed by atoms with Crippen LogP contribution in [0.3, 0.4) is 0 Å². The Kier molecular flexibility index (Phi) is 5.10. The van der Waals surface area contributed by atoms with Crippen LogP contribution in [0, 0.1) is 11.7 Å². The molecule has 1 aromatic rings. The van der Waals surface area contributed by atoms with Crippen molar-refractivity contribution < 1.29 is 4.39 Å². The second-order valence-electron chi connectivity index (χ2n) is 5.75. The maximum atomic E-state index is 12.9. The Morgan fingerprint density at radius 2 is 2.00 bits per heavy atom. The molecule has 112 valence electrons. The van der Waals surface area contributed by atoms with Crippen LogP contribution in [0.5, 0.6) is 0 Å². The van der Waals surface area contributed by atoms with E-state index in [2.05, 4.69) is 29.7 Å². The SMILES string of the molecule is C=C(/C=C\C1CC=CC(N(C)C)[C@@H]1N)c1ccc(F)cc1. The number of likely N-dealkylation sites (N-methyl/N-ethyl adjacent to an activating group) is 1. The summed E-state index contributed by atoms with van der Waals surface area (Å²) in [5, 5.41) is 0. The minimum atomic E-state index is -0.233. The molecule has 3 atom stereocenters. The first-order valence-corrected chi connectivity index (χ1v) is 7.21. The molecule has 2 unspecified atom stereocenters. The van der Waals surface area contributed by atoms with Gasteiger partial charge in [-0.1, -0.05) is 43.0 Å². The van der Waals surface area contributed by atoms with Gasteiger partial charge in [0.25, 0.3) is 0 Å². The predicted octanol–water partition coefficient (Wildman–Crippen LogP) is 3.23. The van der Waals surface area contributed by atoms with Gasteiger partial charge in [-0.15, -0.1) is 0 Å². The monoisotopic (exact) mass is 286 g/mol. The molecule has 0 radical (unpaired) electrons. The van der Waals surface area contributed by atoms with Gasteiger partial charge in [0.15, 0.2) is 0 Å². The van der Waals surface area contributed by atoms with Crippen molar-refractivity contribution in [1.29, 1.82) is 0 Å². The topological polar surface area (TPSA) is 29.3 Å². The Hall–Kier alpha value is -1.71. The lowest BCUT2D eigenvalue weighted by Gasteiger charge is -2.34. The molecule has 1 aliphatic rings. The van der Waals surface area contributed by atoms with E-state index in [1.807, 2.05) is 20.2 Å². The van der Waals surface area contributed by atoms with E-state index < -0.39 is 0 Å². The summed E-state index contributed by atoms with van der Waals surface area (Å²) in [4.78, 5) is 2.13. The molecule has 0 aliphatic heterocycles. The van der Waals surface area contributed by atoms with Gasteiger partial charge >= 0.3 is 0 Å². The first kappa shape index (κ1) is 15.7. The Morgan fingerprint density at radius 3 is 2.62 bits per heavy atom. The van der Waals surface area contributed by atoms with Crippen molar-refractivity contribution in [2.24, 2.45) is 11.7 Å². The Labute approximate surface area is 126 Å². The fourth-order valence-electron chi connectivity index (χ4n) is 2.64. The van der Waals surface area contributed by atoms with Gasteiger partial charge in [0.05, 0.1) is 0 Å². The first-order valence-electron chi connectivity index (χ1n) is 7.21. The first-order chi connectivity index (χ1) is 9.99. The van der Waals surface area contributed by atoms with Crippen LogP contribution >= 0.6 is 0 Å². The molecule has 0 amide bonds. The van der Waals surface area contributed by atoms with Crippen LogP contribution in [0.2, 0.25) is 0 Å². The predicted molar refractivity (Wildman–Crippen MR) is 87.3 cm³/mol. The van der Waals surface area contributed by atoms with E-state index in [4.69, 9.17) is 5.73 Å². The standard InChI is InChI=1S/C18H23FN2/c1-13(14-9-11-16(19)12-10-14)7-8-15-5-4-6-17(18(15)20)21(2)3/h4,6-12,15,17-18H,1,5,20H2,2-3H3/b8-7-/t15?,17?,18-/m1/s1. The van der Waals surface area contributed by atoms with Gasteiger partial charge in [0, 0.05) is 12.1 Å². The van der Waals surface area contributed by atoms with Crippen LogP contribution in [-0.2, 0) is 0 Å². The number of hydrogen-bond acceptors (Lipinski definition) is 2. The number of nitrogens with two attached hydrogens (primary N) is 1. The molecule has 1 aromatic carbocycles. The zero-order valence-corrected chi connectivity index (χ0v) is 12.7. The smallest absolute Gasteiger partial charge is 0.123 e. The maximum Gasteiger partial charge on any atom is 0.123 e. The van der Waals surface area contributed by atoms with Crippen LogP contribution in [0.25, 0.3) is 5.57 Å². The minimum Gasteiger partial charge on any atom is -0.326 e. The summed E-state index contributed by atoms with van der Waals surface area (Å²) in [6, 6.07) is 6.71. The van der Waals surface area contributed by atoms with Gasteiger partial charge in [0.1, 0.15) is 5.82 Å². The lowest BCUT2D eigenvalue weighted by Crippen LogP contribution is -2.48. The molecule has 2 N–H and O–H groups in total. The van der Waals surface area contributed by atoms with E-state index >= 15 is 0 Å². The lowest BCUT2D eigenvalue weighted by atomic mass is 9.85. The quantitative estimate of drug-likeness (QED) is 0.680. The molecule has 0 bridgehead atoms. The van der Waals surface area contributed by atoms with Crippen molar-refractivity contribution >= 4 is 5.57 Å². The third kappa shape index (κ3) is 3.90. The minimum absolute atomic E-state index is 0.0715. The van der Waals surface area contributed by atoms with Gasteiger partial charge in [-0.2, -0.15) is 0 Å². The van der Waals surface area contributed by atoms with Crippen LogP contribution in [0.4, 0.5) is 4.39 Å².